The minimum Gasteiger partial charge on any atom is -0.316 e. The van der Waals surface area contributed by atoms with Gasteiger partial charge in [-0.3, -0.25) is 0 Å². The Labute approximate surface area is 108 Å². The maximum Gasteiger partial charge on any atom is 0.00669 e. The summed E-state index contributed by atoms with van der Waals surface area (Å²) in [5.74, 6) is 0.879. The molecule has 0 spiro atoms. The molecule has 17 heavy (non-hydrogen) atoms. The quantitative estimate of drug-likeness (QED) is 0.655. The van der Waals surface area contributed by atoms with Crippen LogP contribution in [0.25, 0.3) is 0 Å². The van der Waals surface area contributed by atoms with Gasteiger partial charge in [0.2, 0.25) is 0 Å². The number of piperidine rings is 1. The highest BCUT2D eigenvalue weighted by Crippen LogP contribution is 2.16. The molecular formula is C15H32N2. The predicted molar refractivity (Wildman–Crippen MR) is 76.4 cm³/mol. The lowest BCUT2D eigenvalue weighted by molar-refractivity contribution is 0.158. The van der Waals surface area contributed by atoms with Crippen LogP contribution >= 0.6 is 0 Å². The molecule has 1 heterocycles. The van der Waals surface area contributed by atoms with E-state index in [0.29, 0.717) is 0 Å². The molecule has 0 radical (unpaired) electrons. The maximum atomic E-state index is 3.62. The summed E-state index contributed by atoms with van der Waals surface area (Å²) in [5, 5.41) is 3.62. The molecule has 0 aromatic carbocycles. The largest absolute Gasteiger partial charge is 0.316 e. The van der Waals surface area contributed by atoms with Crippen LogP contribution in [-0.2, 0) is 0 Å². The lowest BCUT2D eigenvalue weighted by Gasteiger charge is -2.33. The minimum absolute atomic E-state index is 0.822. The van der Waals surface area contributed by atoms with E-state index in [4.69, 9.17) is 0 Å². The van der Waals surface area contributed by atoms with Crippen LogP contribution in [0.4, 0.5) is 0 Å². The minimum atomic E-state index is 0.822. The third-order valence-electron chi connectivity index (χ3n) is 4.33. The van der Waals surface area contributed by atoms with Crippen LogP contribution in [0.3, 0.4) is 0 Å². The zero-order valence-corrected chi connectivity index (χ0v) is 12.2. The molecule has 0 bridgehead atoms. The molecule has 0 aliphatic carbocycles. The molecular weight excluding hydrogens is 208 g/mol. The van der Waals surface area contributed by atoms with Gasteiger partial charge in [-0.25, -0.2) is 0 Å². The smallest absolute Gasteiger partial charge is 0.00669 e. The van der Waals surface area contributed by atoms with Crippen LogP contribution in [0.5, 0.6) is 0 Å². The zero-order valence-electron chi connectivity index (χ0n) is 12.2. The van der Waals surface area contributed by atoms with Crippen LogP contribution < -0.4 is 5.32 Å². The van der Waals surface area contributed by atoms with Crippen molar-refractivity contribution in [3.05, 3.63) is 0 Å². The van der Waals surface area contributed by atoms with E-state index in [9.17, 15) is 0 Å². The van der Waals surface area contributed by atoms with Gasteiger partial charge in [-0.05, 0) is 58.3 Å². The van der Waals surface area contributed by atoms with Gasteiger partial charge in [-0.1, -0.05) is 33.1 Å². The summed E-state index contributed by atoms with van der Waals surface area (Å²) in [6.45, 7) is 12.0. The highest BCUT2D eigenvalue weighted by Gasteiger charge is 2.16. The Morgan fingerprint density at radius 1 is 1.24 bits per heavy atom. The van der Waals surface area contributed by atoms with Gasteiger partial charge in [-0.2, -0.15) is 0 Å². The second-order valence-corrected chi connectivity index (χ2v) is 5.62. The Bertz CT molecular complexity index is 178. The molecule has 1 saturated heterocycles. The van der Waals surface area contributed by atoms with Crippen molar-refractivity contribution in [2.45, 2.75) is 65.3 Å². The summed E-state index contributed by atoms with van der Waals surface area (Å²) in [6.07, 6.45) is 8.18. The first-order valence-electron chi connectivity index (χ1n) is 7.72. The van der Waals surface area contributed by atoms with Crippen molar-refractivity contribution in [1.29, 1.82) is 0 Å². The topological polar surface area (TPSA) is 15.3 Å². The molecule has 1 N–H and O–H groups in total. The van der Waals surface area contributed by atoms with Gasteiger partial charge in [0, 0.05) is 6.04 Å². The van der Waals surface area contributed by atoms with Gasteiger partial charge in [0.15, 0.2) is 0 Å². The van der Waals surface area contributed by atoms with Gasteiger partial charge in [0.05, 0.1) is 0 Å². The monoisotopic (exact) mass is 240 g/mol. The molecule has 0 saturated carbocycles. The molecule has 1 rings (SSSR count). The molecule has 1 atom stereocenters. The number of nitrogens with zero attached hydrogens (tertiary/aromatic N) is 1. The summed E-state index contributed by atoms with van der Waals surface area (Å²) < 4.78 is 0. The van der Waals surface area contributed by atoms with E-state index in [-0.39, 0.29) is 0 Å². The van der Waals surface area contributed by atoms with Gasteiger partial charge >= 0.3 is 0 Å². The summed E-state index contributed by atoms with van der Waals surface area (Å²) in [6, 6.07) is 0.822. The van der Waals surface area contributed by atoms with Crippen LogP contribution in [0.1, 0.15) is 59.3 Å². The molecule has 1 fully saturated rings. The van der Waals surface area contributed by atoms with Crippen molar-refractivity contribution in [2.24, 2.45) is 5.92 Å². The van der Waals surface area contributed by atoms with Gasteiger partial charge in [0.1, 0.15) is 0 Å². The van der Waals surface area contributed by atoms with Crippen molar-refractivity contribution in [1.82, 2.24) is 10.2 Å². The van der Waals surface area contributed by atoms with Crippen LogP contribution in [-0.4, -0.2) is 37.1 Å². The SMILES string of the molecule is CCC(CC)CNCCCN1CCCCC1C. The third kappa shape index (κ3) is 5.87. The predicted octanol–water partition coefficient (Wildman–Crippen LogP) is 3.28. The van der Waals surface area contributed by atoms with E-state index in [1.807, 2.05) is 0 Å². The van der Waals surface area contributed by atoms with Gasteiger partial charge in [0.25, 0.3) is 0 Å². The summed E-state index contributed by atoms with van der Waals surface area (Å²) >= 11 is 0. The highest BCUT2D eigenvalue weighted by molar-refractivity contribution is 4.73. The van der Waals surface area contributed by atoms with Crippen LogP contribution in [0, 0.1) is 5.92 Å². The number of hydrogen-bond acceptors (Lipinski definition) is 2. The Hall–Kier alpha value is -0.0800. The molecule has 0 aromatic rings. The fourth-order valence-electron chi connectivity index (χ4n) is 2.78. The fraction of sp³-hybridized carbons (Fsp3) is 1.00. The molecule has 0 amide bonds. The zero-order chi connectivity index (χ0) is 12.5. The average Bonchev–Trinajstić information content (AvgIpc) is 2.36. The maximum absolute atomic E-state index is 3.62. The Morgan fingerprint density at radius 3 is 2.65 bits per heavy atom. The highest BCUT2D eigenvalue weighted by atomic mass is 15.2. The molecule has 1 aliphatic heterocycles. The molecule has 1 aliphatic rings. The lowest BCUT2D eigenvalue weighted by atomic mass is 10.0. The normalized spacial score (nSPS) is 22.2. The molecule has 2 nitrogen and oxygen atoms in total. The average molecular weight is 240 g/mol. The fourth-order valence-corrected chi connectivity index (χ4v) is 2.78. The first-order valence-corrected chi connectivity index (χ1v) is 7.72. The van der Waals surface area contributed by atoms with Crippen molar-refractivity contribution >= 4 is 0 Å². The first-order chi connectivity index (χ1) is 8.27. The molecule has 2 heteroatoms. The van der Waals surface area contributed by atoms with E-state index in [1.165, 1.54) is 64.7 Å². The second-order valence-electron chi connectivity index (χ2n) is 5.62. The summed E-state index contributed by atoms with van der Waals surface area (Å²) in [7, 11) is 0. The number of nitrogens with one attached hydrogen (secondary N) is 1. The van der Waals surface area contributed by atoms with E-state index < -0.39 is 0 Å². The van der Waals surface area contributed by atoms with E-state index >= 15 is 0 Å². The molecule has 1 unspecified atom stereocenters. The van der Waals surface area contributed by atoms with Crippen LogP contribution in [0.2, 0.25) is 0 Å². The van der Waals surface area contributed by atoms with Gasteiger partial charge in [-0.15, -0.1) is 0 Å². The van der Waals surface area contributed by atoms with Crippen molar-refractivity contribution in [3.63, 3.8) is 0 Å². The van der Waals surface area contributed by atoms with Crippen molar-refractivity contribution in [2.75, 3.05) is 26.2 Å². The van der Waals surface area contributed by atoms with Crippen molar-refractivity contribution < 1.29 is 0 Å². The third-order valence-corrected chi connectivity index (χ3v) is 4.33. The molecule has 102 valence electrons. The van der Waals surface area contributed by atoms with E-state index in [0.717, 1.165) is 12.0 Å². The van der Waals surface area contributed by atoms with Gasteiger partial charge < -0.3 is 10.2 Å². The Kier molecular flexibility index (Phi) is 7.87. The first kappa shape index (κ1) is 15.0. The molecule has 0 aromatic heterocycles. The Morgan fingerprint density at radius 2 is 2.00 bits per heavy atom. The number of likely N-dealkylation sites (tertiary alicyclic amines) is 1. The lowest BCUT2D eigenvalue weighted by Crippen LogP contribution is -2.39. The number of hydrogen-bond donors (Lipinski definition) is 1. The van der Waals surface area contributed by atoms with E-state index in [2.05, 4.69) is 31.0 Å². The standard InChI is InChI=1S/C15H32N2/c1-4-15(5-2)13-16-10-8-12-17-11-7-6-9-14(17)3/h14-16H,4-13H2,1-3H3. The second kappa shape index (κ2) is 8.93. The number of rotatable bonds is 8. The summed E-state index contributed by atoms with van der Waals surface area (Å²) in [5.41, 5.74) is 0. The Balaban J connectivity index is 1.99. The van der Waals surface area contributed by atoms with Crippen LogP contribution in [0.15, 0.2) is 0 Å². The van der Waals surface area contributed by atoms with Crippen molar-refractivity contribution in [3.8, 4) is 0 Å². The summed E-state index contributed by atoms with van der Waals surface area (Å²) in [4.78, 5) is 2.67. The van der Waals surface area contributed by atoms with E-state index in [1.54, 1.807) is 0 Å².